The summed E-state index contributed by atoms with van der Waals surface area (Å²) in [6.07, 6.45) is 8.76. The van der Waals surface area contributed by atoms with Crippen LogP contribution in [0.3, 0.4) is 0 Å². The van der Waals surface area contributed by atoms with E-state index in [9.17, 15) is 40.9 Å². The summed E-state index contributed by atoms with van der Waals surface area (Å²) in [7, 11) is 1.48. The van der Waals surface area contributed by atoms with Gasteiger partial charge >= 0.3 is 0 Å². The Morgan fingerprint density at radius 3 is 1.61 bits per heavy atom. The smallest absolute Gasteiger partial charge is 0.208 e. The number of benzene rings is 6. The van der Waals surface area contributed by atoms with Crippen molar-refractivity contribution in [1.29, 1.82) is 0 Å². The Morgan fingerprint density at radius 1 is 0.490 bits per heavy atom. The Hall–Kier alpha value is -6.68. The van der Waals surface area contributed by atoms with E-state index in [-0.39, 0.29) is 11.0 Å². The number of phenolic OH excluding ortho intramolecular Hbond substituents is 8. The minimum absolute atomic E-state index is 0.0554. The third-order valence-corrected chi connectivity index (χ3v) is 9.40. The molecule has 0 unspecified atom stereocenters. The van der Waals surface area contributed by atoms with E-state index in [1.807, 2.05) is 72.8 Å². The maximum atomic E-state index is 11.7. The van der Waals surface area contributed by atoms with Crippen molar-refractivity contribution in [2.75, 3.05) is 0 Å². The van der Waals surface area contributed by atoms with Gasteiger partial charge in [0.15, 0.2) is 23.0 Å². The summed E-state index contributed by atoms with van der Waals surface area (Å²) in [5.41, 5.74) is 2.83. The molecule has 1 aliphatic carbocycles. The molecule has 8 N–H and O–H groups in total. The van der Waals surface area contributed by atoms with E-state index >= 15 is 0 Å². The average Bonchev–Trinajstić information content (AvgIpc) is 3.29. The molecule has 49 heavy (non-hydrogen) atoms. The molecule has 9 nitrogen and oxygen atoms in total. The van der Waals surface area contributed by atoms with Crippen molar-refractivity contribution in [3.63, 3.8) is 0 Å². The minimum Gasteiger partial charge on any atom is -0.508 e. The van der Waals surface area contributed by atoms with Crippen molar-refractivity contribution in [1.82, 2.24) is 0 Å². The highest BCUT2D eigenvalue weighted by Crippen LogP contribution is 2.60. The Bertz CT molecular complexity index is 2520. The van der Waals surface area contributed by atoms with Crippen LogP contribution in [0.15, 0.2) is 89.4 Å². The second kappa shape index (κ2) is 10.7. The van der Waals surface area contributed by atoms with Crippen LogP contribution < -0.4 is 5.46 Å². The fourth-order valence-corrected chi connectivity index (χ4v) is 7.08. The summed E-state index contributed by atoms with van der Waals surface area (Å²) in [4.78, 5) is 0. The van der Waals surface area contributed by atoms with Crippen molar-refractivity contribution >= 4 is 51.9 Å². The predicted molar refractivity (Wildman–Crippen MR) is 191 cm³/mol. The monoisotopic (exact) mass is 650 g/mol. The Labute approximate surface area is 278 Å². The van der Waals surface area contributed by atoms with Gasteiger partial charge in [0.25, 0.3) is 0 Å². The average molecular weight is 650 g/mol. The molecule has 0 spiro atoms. The molecule has 0 radical (unpaired) electrons. The van der Waals surface area contributed by atoms with Crippen molar-refractivity contribution in [3.05, 3.63) is 96.3 Å². The number of furan rings is 1. The lowest BCUT2D eigenvalue weighted by Gasteiger charge is -2.22. The van der Waals surface area contributed by atoms with Gasteiger partial charge < -0.3 is 45.3 Å². The number of allylic oxidation sites excluding steroid dienone is 3. The van der Waals surface area contributed by atoms with Crippen LogP contribution in [0, 0.1) is 0 Å². The van der Waals surface area contributed by atoms with E-state index in [0.717, 1.165) is 50.6 Å². The number of phenols is 8. The number of hydrogen-bond donors (Lipinski definition) is 8. The summed E-state index contributed by atoms with van der Waals surface area (Å²) < 4.78 is 6.30. The molecule has 0 fully saturated rings. The van der Waals surface area contributed by atoms with Crippen molar-refractivity contribution < 1.29 is 45.3 Å². The summed E-state index contributed by atoms with van der Waals surface area (Å²) in [5.74, 6) is -7.37. The molecule has 0 atom stereocenters. The Balaban J connectivity index is 1.43. The molecule has 0 saturated carbocycles. The first kappa shape index (κ1) is 29.7. The van der Waals surface area contributed by atoms with Crippen molar-refractivity contribution in [3.8, 4) is 79.4 Å². The lowest BCUT2D eigenvalue weighted by Crippen LogP contribution is -2.10. The van der Waals surface area contributed by atoms with Crippen LogP contribution in [-0.4, -0.2) is 48.7 Å². The molecule has 240 valence electrons. The normalized spacial score (nSPS) is 12.6. The summed E-state index contributed by atoms with van der Waals surface area (Å²) >= 11 is 0. The van der Waals surface area contributed by atoms with E-state index in [1.54, 1.807) is 0 Å². The van der Waals surface area contributed by atoms with Crippen LogP contribution in [0.2, 0.25) is 0 Å². The molecule has 1 aromatic heterocycles. The third-order valence-electron chi connectivity index (χ3n) is 9.40. The van der Waals surface area contributed by atoms with Gasteiger partial charge in [0, 0.05) is 22.1 Å². The second-order valence-corrected chi connectivity index (χ2v) is 12.0. The van der Waals surface area contributed by atoms with Gasteiger partial charge in [-0.05, 0) is 56.7 Å². The van der Waals surface area contributed by atoms with Gasteiger partial charge in [-0.25, -0.2) is 0 Å². The third kappa shape index (κ3) is 4.13. The summed E-state index contributed by atoms with van der Waals surface area (Å²) in [6, 6.07) is 21.3. The van der Waals surface area contributed by atoms with Crippen LogP contribution in [0.5, 0.6) is 46.0 Å². The first-order valence-electron chi connectivity index (χ1n) is 15.4. The number of rotatable bonds is 3. The van der Waals surface area contributed by atoms with Crippen LogP contribution in [0.1, 0.15) is 11.3 Å². The molecule has 0 aliphatic heterocycles. The largest absolute Gasteiger partial charge is 0.508 e. The van der Waals surface area contributed by atoms with Crippen LogP contribution in [0.25, 0.3) is 72.0 Å². The summed E-state index contributed by atoms with van der Waals surface area (Å²) in [5, 5.41) is 90.1. The first-order chi connectivity index (χ1) is 23.6. The maximum Gasteiger partial charge on any atom is 0.208 e. The molecular weight excluding hydrogens is 623 g/mol. The Kier molecular flexibility index (Phi) is 6.47. The SMILES string of the molecule is Bc1c(O)c(-c2c(O)c(O)c(O)c(O)c2O)c(O)c(O)c1-c1c2ccccc2c(-c2ccc3c4c(oc3c2)C=CC=CC4)c2ccccc12. The van der Waals surface area contributed by atoms with Crippen LogP contribution in [0.4, 0.5) is 0 Å². The zero-order chi connectivity index (χ0) is 34.3. The molecule has 1 heterocycles. The zero-order valence-corrected chi connectivity index (χ0v) is 25.9. The molecule has 0 saturated heterocycles. The van der Waals surface area contributed by atoms with E-state index in [4.69, 9.17) is 4.42 Å². The second-order valence-electron chi connectivity index (χ2n) is 12.0. The fourth-order valence-electron chi connectivity index (χ4n) is 7.08. The van der Waals surface area contributed by atoms with Gasteiger partial charge in [-0.3, -0.25) is 0 Å². The highest BCUT2D eigenvalue weighted by molar-refractivity contribution is 6.41. The molecule has 0 amide bonds. The Morgan fingerprint density at radius 2 is 1.00 bits per heavy atom. The highest BCUT2D eigenvalue weighted by Gasteiger charge is 2.32. The molecule has 7 aromatic rings. The first-order valence-corrected chi connectivity index (χ1v) is 15.4. The number of fused-ring (bicyclic) bond motifs is 5. The zero-order valence-electron chi connectivity index (χ0n) is 25.9. The van der Waals surface area contributed by atoms with Crippen molar-refractivity contribution in [2.45, 2.75) is 6.42 Å². The number of aromatic hydroxyl groups is 8. The molecular formula is C39H27BO9. The van der Waals surface area contributed by atoms with E-state index in [1.165, 1.54) is 7.85 Å². The van der Waals surface area contributed by atoms with Gasteiger partial charge in [-0.15, -0.1) is 0 Å². The standard InChI is InChI=1S/C39H27BO9/c40-31-28(33(42)34(43)29(32(31)41)30-35(44)37(46)39(48)38(47)36(30)45)27-22-11-6-4-9-20(22)26(21-10-5-7-12-23(21)27)17-14-15-19-18-8-2-1-3-13-24(18)49-25(19)16-17/h1-7,9-16,41-48H,8,40H2. The predicted octanol–water partition coefficient (Wildman–Crippen LogP) is 6.77. The highest BCUT2D eigenvalue weighted by atomic mass is 16.4. The fraction of sp³-hybridized carbons (Fsp3) is 0.0256. The van der Waals surface area contributed by atoms with Gasteiger partial charge in [-0.2, -0.15) is 0 Å². The van der Waals surface area contributed by atoms with E-state index in [0.29, 0.717) is 16.3 Å². The molecule has 10 heteroatoms. The lowest BCUT2D eigenvalue weighted by atomic mass is 9.78. The van der Waals surface area contributed by atoms with Gasteiger partial charge in [0.2, 0.25) is 17.2 Å². The maximum absolute atomic E-state index is 11.7. The molecule has 1 aliphatic rings. The minimum atomic E-state index is -1.21. The van der Waals surface area contributed by atoms with Gasteiger partial charge in [0.1, 0.15) is 24.9 Å². The number of hydrogen-bond acceptors (Lipinski definition) is 9. The van der Waals surface area contributed by atoms with Crippen LogP contribution in [-0.2, 0) is 6.42 Å². The van der Waals surface area contributed by atoms with Gasteiger partial charge in [-0.1, -0.05) is 78.9 Å². The lowest BCUT2D eigenvalue weighted by molar-refractivity contribution is 0.329. The summed E-state index contributed by atoms with van der Waals surface area (Å²) in [6.45, 7) is 0. The van der Waals surface area contributed by atoms with E-state index < -0.39 is 57.1 Å². The van der Waals surface area contributed by atoms with E-state index in [2.05, 4.69) is 18.2 Å². The van der Waals surface area contributed by atoms with Crippen molar-refractivity contribution in [2.24, 2.45) is 0 Å². The molecule has 6 aromatic carbocycles. The van der Waals surface area contributed by atoms with Crippen LogP contribution >= 0.6 is 0 Å². The van der Waals surface area contributed by atoms with Gasteiger partial charge in [0.05, 0.1) is 11.1 Å². The topological polar surface area (TPSA) is 175 Å². The quantitative estimate of drug-likeness (QED) is 0.0444. The molecule has 8 rings (SSSR count). The molecule has 0 bridgehead atoms.